The van der Waals surface area contributed by atoms with Crippen molar-refractivity contribution in [1.82, 2.24) is 10.2 Å². The monoisotopic (exact) mass is 336 g/mol. The van der Waals surface area contributed by atoms with Crippen molar-refractivity contribution in [3.8, 4) is 0 Å². The molecule has 0 amide bonds. The topological polar surface area (TPSA) is 15.3 Å². The van der Waals surface area contributed by atoms with E-state index in [0.29, 0.717) is 16.6 Å². The number of hydrogen-bond acceptors (Lipinski definition) is 2. The van der Waals surface area contributed by atoms with E-state index in [-0.39, 0.29) is 18.2 Å². The van der Waals surface area contributed by atoms with Crippen molar-refractivity contribution in [2.75, 3.05) is 13.1 Å². The highest BCUT2D eigenvalue weighted by Gasteiger charge is 2.20. The highest BCUT2D eigenvalue weighted by atomic mass is 79.9. The number of nitrogens with zero attached hydrogens (tertiary/aromatic N) is 1. The summed E-state index contributed by atoms with van der Waals surface area (Å²) in [5.41, 5.74) is 1.15. The average Bonchev–Trinajstić information content (AvgIpc) is 2.22. The molecule has 2 atom stereocenters. The molecular weight excluding hydrogens is 319 g/mol. The largest absolute Gasteiger partial charge is 0.309 e. The second-order valence-electron chi connectivity index (χ2n) is 4.91. The number of rotatable bonds is 2. The van der Waals surface area contributed by atoms with Gasteiger partial charge in [-0.15, -0.1) is 12.4 Å². The zero-order valence-electron chi connectivity index (χ0n) is 10.6. The molecule has 0 aromatic heterocycles. The molecule has 0 spiro atoms. The third kappa shape index (κ3) is 4.19. The quantitative estimate of drug-likeness (QED) is 0.891. The molecule has 1 N–H and O–H groups in total. The summed E-state index contributed by atoms with van der Waals surface area (Å²) in [6.07, 6.45) is 0. The van der Waals surface area contributed by atoms with E-state index in [0.717, 1.165) is 25.2 Å². The molecule has 0 bridgehead atoms. The van der Waals surface area contributed by atoms with Crippen molar-refractivity contribution in [2.45, 2.75) is 32.5 Å². The number of halogens is 3. The lowest BCUT2D eigenvalue weighted by Gasteiger charge is -2.36. The summed E-state index contributed by atoms with van der Waals surface area (Å²) in [5, 5.41) is 3.50. The van der Waals surface area contributed by atoms with Gasteiger partial charge in [-0.3, -0.25) is 4.90 Å². The third-order valence-corrected chi connectivity index (χ3v) is 3.63. The van der Waals surface area contributed by atoms with E-state index < -0.39 is 0 Å². The van der Waals surface area contributed by atoms with Crippen LogP contribution in [0.5, 0.6) is 0 Å². The fraction of sp³-hybridized carbons (Fsp3) is 0.538. The minimum Gasteiger partial charge on any atom is -0.309 e. The van der Waals surface area contributed by atoms with Crippen molar-refractivity contribution in [2.24, 2.45) is 0 Å². The Morgan fingerprint density at radius 2 is 1.94 bits per heavy atom. The Morgan fingerprint density at radius 3 is 2.50 bits per heavy atom. The lowest BCUT2D eigenvalue weighted by molar-refractivity contribution is 0.166. The fourth-order valence-electron chi connectivity index (χ4n) is 2.47. The normalized spacial score (nSPS) is 24.7. The van der Waals surface area contributed by atoms with Gasteiger partial charge in [0.2, 0.25) is 0 Å². The molecule has 5 heteroatoms. The van der Waals surface area contributed by atoms with Gasteiger partial charge in [0.1, 0.15) is 5.82 Å². The van der Waals surface area contributed by atoms with Crippen LogP contribution in [0, 0.1) is 5.82 Å². The SMILES string of the molecule is CC1CN(Cc2ccc(F)c(Br)c2)CC(C)N1.Cl. The van der Waals surface area contributed by atoms with Crippen LogP contribution < -0.4 is 5.32 Å². The minimum atomic E-state index is -0.198. The van der Waals surface area contributed by atoms with Gasteiger partial charge in [0.05, 0.1) is 4.47 Å². The first-order valence-corrected chi connectivity index (χ1v) is 6.76. The first-order chi connectivity index (χ1) is 8.04. The highest BCUT2D eigenvalue weighted by Crippen LogP contribution is 2.18. The molecule has 2 rings (SSSR count). The molecule has 18 heavy (non-hydrogen) atoms. The van der Waals surface area contributed by atoms with Crippen LogP contribution in [0.1, 0.15) is 19.4 Å². The summed E-state index contributed by atoms with van der Waals surface area (Å²) in [5.74, 6) is -0.198. The van der Waals surface area contributed by atoms with E-state index in [1.165, 1.54) is 6.07 Å². The Morgan fingerprint density at radius 1 is 1.33 bits per heavy atom. The van der Waals surface area contributed by atoms with Gasteiger partial charge in [-0.1, -0.05) is 6.07 Å². The molecule has 0 radical (unpaired) electrons. The van der Waals surface area contributed by atoms with Gasteiger partial charge in [-0.05, 0) is 47.5 Å². The predicted octanol–water partition coefficient (Wildman–Crippen LogP) is 3.19. The lowest BCUT2D eigenvalue weighted by Crippen LogP contribution is -2.53. The smallest absolute Gasteiger partial charge is 0.137 e. The summed E-state index contributed by atoms with van der Waals surface area (Å²) in [6, 6.07) is 6.28. The van der Waals surface area contributed by atoms with Crippen LogP contribution in [0.4, 0.5) is 4.39 Å². The first-order valence-electron chi connectivity index (χ1n) is 5.97. The second-order valence-corrected chi connectivity index (χ2v) is 5.77. The van der Waals surface area contributed by atoms with Gasteiger partial charge < -0.3 is 5.32 Å². The Balaban J connectivity index is 0.00000162. The van der Waals surface area contributed by atoms with E-state index in [4.69, 9.17) is 0 Å². The molecule has 1 aromatic rings. The molecule has 1 saturated heterocycles. The van der Waals surface area contributed by atoms with Crippen molar-refractivity contribution < 1.29 is 4.39 Å². The molecule has 1 heterocycles. The second kappa shape index (κ2) is 6.85. The van der Waals surface area contributed by atoms with Gasteiger partial charge in [0.25, 0.3) is 0 Å². The molecule has 1 aromatic carbocycles. The fourth-order valence-corrected chi connectivity index (χ4v) is 2.89. The van der Waals surface area contributed by atoms with Crippen molar-refractivity contribution in [3.63, 3.8) is 0 Å². The van der Waals surface area contributed by atoms with Crippen molar-refractivity contribution >= 4 is 28.3 Å². The van der Waals surface area contributed by atoms with E-state index >= 15 is 0 Å². The van der Waals surface area contributed by atoms with Crippen molar-refractivity contribution in [1.29, 1.82) is 0 Å². The Hall–Kier alpha value is -0.160. The minimum absolute atomic E-state index is 0. The van der Waals surface area contributed by atoms with Gasteiger partial charge in [0, 0.05) is 31.7 Å². The van der Waals surface area contributed by atoms with E-state index in [1.807, 2.05) is 12.1 Å². The zero-order valence-corrected chi connectivity index (χ0v) is 13.0. The summed E-state index contributed by atoms with van der Waals surface area (Å²) in [6.45, 7) is 7.36. The molecule has 1 aliphatic rings. The summed E-state index contributed by atoms with van der Waals surface area (Å²) in [4.78, 5) is 2.41. The maximum Gasteiger partial charge on any atom is 0.137 e. The van der Waals surface area contributed by atoms with E-state index in [1.54, 1.807) is 0 Å². The number of hydrogen-bond donors (Lipinski definition) is 1. The molecular formula is C13H19BrClFN2. The predicted molar refractivity (Wildman–Crippen MR) is 78.7 cm³/mol. The van der Waals surface area contributed by atoms with Crippen LogP contribution in [-0.4, -0.2) is 30.1 Å². The van der Waals surface area contributed by atoms with E-state index in [9.17, 15) is 4.39 Å². The lowest BCUT2D eigenvalue weighted by atomic mass is 10.1. The third-order valence-electron chi connectivity index (χ3n) is 3.02. The maximum absolute atomic E-state index is 13.1. The van der Waals surface area contributed by atoms with Crippen LogP contribution in [0.3, 0.4) is 0 Å². The van der Waals surface area contributed by atoms with Crippen LogP contribution >= 0.6 is 28.3 Å². The Labute approximate surface area is 122 Å². The number of benzene rings is 1. The maximum atomic E-state index is 13.1. The van der Waals surface area contributed by atoms with Crippen LogP contribution in [0.2, 0.25) is 0 Å². The van der Waals surface area contributed by atoms with Gasteiger partial charge in [0.15, 0.2) is 0 Å². The Bertz CT molecular complexity index is 393. The zero-order chi connectivity index (χ0) is 12.4. The van der Waals surface area contributed by atoms with Crippen molar-refractivity contribution in [3.05, 3.63) is 34.1 Å². The molecule has 0 aliphatic carbocycles. The number of piperazine rings is 1. The van der Waals surface area contributed by atoms with Gasteiger partial charge in [-0.2, -0.15) is 0 Å². The molecule has 102 valence electrons. The van der Waals surface area contributed by atoms with Crippen LogP contribution in [-0.2, 0) is 6.54 Å². The molecule has 1 aliphatic heterocycles. The van der Waals surface area contributed by atoms with Crippen LogP contribution in [0.15, 0.2) is 22.7 Å². The summed E-state index contributed by atoms with van der Waals surface area (Å²) >= 11 is 3.23. The molecule has 0 saturated carbocycles. The molecule has 2 unspecified atom stereocenters. The van der Waals surface area contributed by atoms with E-state index in [2.05, 4.69) is 40.0 Å². The first kappa shape index (κ1) is 15.9. The van der Waals surface area contributed by atoms with Gasteiger partial charge in [-0.25, -0.2) is 4.39 Å². The standard InChI is InChI=1S/C13H18BrFN2.ClH/c1-9-6-17(7-10(2)16-9)8-11-3-4-13(15)12(14)5-11;/h3-5,9-10,16H,6-8H2,1-2H3;1H. The van der Waals surface area contributed by atoms with Crippen LogP contribution in [0.25, 0.3) is 0 Å². The van der Waals surface area contributed by atoms with Gasteiger partial charge >= 0.3 is 0 Å². The Kier molecular flexibility index (Phi) is 6.05. The summed E-state index contributed by atoms with van der Waals surface area (Å²) in [7, 11) is 0. The summed E-state index contributed by atoms with van der Waals surface area (Å²) < 4.78 is 13.7. The average molecular weight is 338 g/mol. The highest BCUT2D eigenvalue weighted by molar-refractivity contribution is 9.10. The number of nitrogens with one attached hydrogen (secondary N) is 1. The molecule has 1 fully saturated rings. The molecule has 2 nitrogen and oxygen atoms in total.